The lowest BCUT2D eigenvalue weighted by Crippen LogP contribution is -2.46. The molecule has 2 nitrogen and oxygen atoms in total. The Morgan fingerprint density at radius 1 is 1.37 bits per heavy atom. The van der Waals surface area contributed by atoms with Crippen molar-refractivity contribution < 1.29 is 4.74 Å². The Bertz CT molecular complexity index is 435. The number of hydrogen-bond donors (Lipinski definition) is 1. The van der Waals surface area contributed by atoms with Crippen molar-refractivity contribution in [3.05, 3.63) is 29.8 Å². The van der Waals surface area contributed by atoms with E-state index in [1.54, 1.807) is 0 Å². The summed E-state index contributed by atoms with van der Waals surface area (Å²) in [5.41, 5.74) is 1.76. The molecule has 0 aromatic heterocycles. The van der Waals surface area contributed by atoms with Crippen LogP contribution in [-0.2, 0) is 0 Å². The van der Waals surface area contributed by atoms with Crippen molar-refractivity contribution in [2.45, 2.75) is 51.0 Å². The Balaban J connectivity index is 1.84. The minimum atomic E-state index is 0.342. The number of fused-ring (bicyclic) bond motifs is 1. The molecule has 1 aromatic carbocycles. The molecule has 2 heteroatoms. The summed E-state index contributed by atoms with van der Waals surface area (Å²) in [6.07, 6.45) is 5.06. The zero-order chi connectivity index (χ0) is 13.3. The van der Waals surface area contributed by atoms with E-state index in [1.807, 2.05) is 0 Å². The molecular formula is C17H25NO. The molecular weight excluding hydrogens is 234 g/mol. The monoisotopic (exact) mass is 259 g/mol. The van der Waals surface area contributed by atoms with Gasteiger partial charge in [-0.25, -0.2) is 0 Å². The first-order valence-electron chi connectivity index (χ1n) is 7.68. The van der Waals surface area contributed by atoms with E-state index in [9.17, 15) is 0 Å². The fourth-order valence-corrected chi connectivity index (χ4v) is 3.80. The van der Waals surface area contributed by atoms with Crippen LogP contribution in [0.25, 0.3) is 0 Å². The molecule has 2 aliphatic rings. The van der Waals surface area contributed by atoms with E-state index in [1.165, 1.54) is 31.4 Å². The first kappa shape index (κ1) is 13.0. The Kier molecular flexibility index (Phi) is 3.53. The van der Waals surface area contributed by atoms with Crippen molar-refractivity contribution in [3.63, 3.8) is 0 Å². The first-order chi connectivity index (χ1) is 9.21. The highest BCUT2D eigenvalue weighted by Gasteiger charge is 2.39. The number of hydrogen-bond acceptors (Lipinski definition) is 2. The SMILES string of the molecule is CC(C)C1(CC2CCOc3ccccc32)CCCN1. The molecule has 1 saturated heterocycles. The van der Waals surface area contributed by atoms with Gasteiger partial charge in [0.25, 0.3) is 0 Å². The van der Waals surface area contributed by atoms with Crippen molar-refractivity contribution in [2.24, 2.45) is 5.92 Å². The summed E-state index contributed by atoms with van der Waals surface area (Å²) in [5, 5.41) is 3.81. The van der Waals surface area contributed by atoms with Crippen molar-refractivity contribution >= 4 is 0 Å². The van der Waals surface area contributed by atoms with E-state index < -0.39 is 0 Å². The van der Waals surface area contributed by atoms with Crippen LogP contribution < -0.4 is 10.1 Å². The van der Waals surface area contributed by atoms with E-state index in [0.29, 0.717) is 17.4 Å². The minimum absolute atomic E-state index is 0.342. The van der Waals surface area contributed by atoms with Gasteiger partial charge in [0.1, 0.15) is 5.75 Å². The summed E-state index contributed by atoms with van der Waals surface area (Å²) in [6, 6.07) is 8.59. The molecule has 2 aliphatic heterocycles. The second kappa shape index (κ2) is 5.16. The van der Waals surface area contributed by atoms with Gasteiger partial charge in [0.05, 0.1) is 6.61 Å². The quantitative estimate of drug-likeness (QED) is 0.893. The Morgan fingerprint density at radius 2 is 2.21 bits per heavy atom. The minimum Gasteiger partial charge on any atom is -0.493 e. The number of rotatable bonds is 3. The molecule has 0 aliphatic carbocycles. The Labute approximate surface area is 116 Å². The predicted molar refractivity (Wildman–Crippen MR) is 78.7 cm³/mol. The molecule has 0 saturated carbocycles. The fourth-order valence-electron chi connectivity index (χ4n) is 3.80. The van der Waals surface area contributed by atoms with Crippen LogP contribution in [0.4, 0.5) is 0 Å². The van der Waals surface area contributed by atoms with Gasteiger partial charge in [0.2, 0.25) is 0 Å². The van der Waals surface area contributed by atoms with Crippen LogP contribution in [0.1, 0.15) is 51.0 Å². The number of ether oxygens (including phenoxy) is 1. The number of benzene rings is 1. The van der Waals surface area contributed by atoms with Gasteiger partial charge in [-0.15, -0.1) is 0 Å². The zero-order valence-electron chi connectivity index (χ0n) is 12.1. The molecule has 1 aromatic rings. The van der Waals surface area contributed by atoms with Gasteiger partial charge in [-0.1, -0.05) is 32.0 Å². The van der Waals surface area contributed by atoms with Gasteiger partial charge in [-0.05, 0) is 55.7 Å². The maximum absolute atomic E-state index is 5.79. The maximum atomic E-state index is 5.79. The highest BCUT2D eigenvalue weighted by Crippen LogP contribution is 2.42. The van der Waals surface area contributed by atoms with Gasteiger partial charge in [0.15, 0.2) is 0 Å². The Hall–Kier alpha value is -1.02. The lowest BCUT2D eigenvalue weighted by atomic mass is 9.74. The van der Waals surface area contributed by atoms with Crippen LogP contribution in [0.2, 0.25) is 0 Å². The number of nitrogens with one attached hydrogen (secondary N) is 1. The summed E-state index contributed by atoms with van der Waals surface area (Å²) in [7, 11) is 0. The second-order valence-electron chi connectivity index (χ2n) is 6.42. The number of para-hydroxylation sites is 1. The van der Waals surface area contributed by atoms with Crippen LogP contribution in [-0.4, -0.2) is 18.7 Å². The van der Waals surface area contributed by atoms with E-state index in [0.717, 1.165) is 18.8 Å². The molecule has 0 spiro atoms. The topological polar surface area (TPSA) is 21.3 Å². The summed E-state index contributed by atoms with van der Waals surface area (Å²) >= 11 is 0. The normalized spacial score (nSPS) is 30.2. The maximum Gasteiger partial charge on any atom is 0.122 e. The largest absolute Gasteiger partial charge is 0.493 e. The van der Waals surface area contributed by atoms with Crippen molar-refractivity contribution in [1.29, 1.82) is 0 Å². The summed E-state index contributed by atoms with van der Waals surface area (Å²) in [4.78, 5) is 0. The van der Waals surface area contributed by atoms with E-state index in [-0.39, 0.29) is 0 Å². The first-order valence-corrected chi connectivity index (χ1v) is 7.68. The molecule has 3 rings (SSSR count). The smallest absolute Gasteiger partial charge is 0.122 e. The fraction of sp³-hybridized carbons (Fsp3) is 0.647. The molecule has 0 bridgehead atoms. The molecule has 1 N–H and O–H groups in total. The molecule has 0 radical (unpaired) electrons. The van der Waals surface area contributed by atoms with Crippen molar-refractivity contribution in [1.82, 2.24) is 5.32 Å². The Morgan fingerprint density at radius 3 is 2.95 bits per heavy atom. The van der Waals surface area contributed by atoms with Crippen LogP contribution in [0, 0.1) is 5.92 Å². The molecule has 104 valence electrons. The van der Waals surface area contributed by atoms with Gasteiger partial charge in [-0.2, -0.15) is 0 Å². The van der Waals surface area contributed by atoms with Crippen LogP contribution in [0.5, 0.6) is 5.75 Å². The van der Waals surface area contributed by atoms with Gasteiger partial charge < -0.3 is 10.1 Å². The molecule has 1 fully saturated rings. The standard InChI is InChI=1S/C17H25NO/c1-13(2)17(9-5-10-18-17)12-14-8-11-19-16-7-4-3-6-15(14)16/h3-4,6-7,13-14,18H,5,8-12H2,1-2H3. The van der Waals surface area contributed by atoms with Crippen LogP contribution >= 0.6 is 0 Å². The van der Waals surface area contributed by atoms with E-state index >= 15 is 0 Å². The zero-order valence-corrected chi connectivity index (χ0v) is 12.1. The van der Waals surface area contributed by atoms with Crippen molar-refractivity contribution in [3.8, 4) is 5.75 Å². The molecule has 0 amide bonds. The average Bonchev–Trinajstić information content (AvgIpc) is 2.89. The van der Waals surface area contributed by atoms with Crippen LogP contribution in [0.15, 0.2) is 24.3 Å². The highest BCUT2D eigenvalue weighted by atomic mass is 16.5. The molecule has 2 unspecified atom stereocenters. The lowest BCUT2D eigenvalue weighted by Gasteiger charge is -2.39. The van der Waals surface area contributed by atoms with E-state index in [4.69, 9.17) is 4.74 Å². The lowest BCUT2D eigenvalue weighted by molar-refractivity contribution is 0.199. The third-order valence-electron chi connectivity index (χ3n) is 5.08. The predicted octanol–water partition coefficient (Wildman–Crippen LogP) is 3.72. The van der Waals surface area contributed by atoms with Gasteiger partial charge in [0, 0.05) is 5.54 Å². The van der Waals surface area contributed by atoms with Crippen molar-refractivity contribution in [2.75, 3.05) is 13.2 Å². The van der Waals surface area contributed by atoms with Gasteiger partial charge in [-0.3, -0.25) is 0 Å². The van der Waals surface area contributed by atoms with E-state index in [2.05, 4.69) is 43.4 Å². The summed E-state index contributed by atoms with van der Waals surface area (Å²) in [6.45, 7) is 6.78. The molecule has 2 heterocycles. The second-order valence-corrected chi connectivity index (χ2v) is 6.42. The molecule has 2 atom stereocenters. The summed E-state index contributed by atoms with van der Waals surface area (Å²) in [5.74, 6) is 2.46. The summed E-state index contributed by atoms with van der Waals surface area (Å²) < 4.78 is 5.79. The third kappa shape index (κ3) is 2.38. The average molecular weight is 259 g/mol. The third-order valence-corrected chi connectivity index (χ3v) is 5.08. The van der Waals surface area contributed by atoms with Gasteiger partial charge >= 0.3 is 0 Å². The van der Waals surface area contributed by atoms with Crippen LogP contribution in [0.3, 0.4) is 0 Å². The molecule has 19 heavy (non-hydrogen) atoms. The highest BCUT2D eigenvalue weighted by molar-refractivity contribution is 5.38.